The predicted octanol–water partition coefficient (Wildman–Crippen LogP) is 9.48. The molecule has 1 fully saturated rings. The lowest BCUT2D eigenvalue weighted by Gasteiger charge is -2.47. The summed E-state index contributed by atoms with van der Waals surface area (Å²) in [5, 5.41) is 38.2. The zero-order valence-electron chi connectivity index (χ0n) is 37.6. The topological polar surface area (TPSA) is 158 Å². The molecule has 11 nitrogen and oxygen atoms in total. The summed E-state index contributed by atoms with van der Waals surface area (Å²) in [5.74, 6) is -0.719. The number of aliphatic hydroxyl groups excluding tert-OH is 3. The van der Waals surface area contributed by atoms with E-state index in [-0.39, 0.29) is 24.9 Å². The number of nitrogens with zero attached hydrogens (tertiary/aromatic N) is 1. The summed E-state index contributed by atoms with van der Waals surface area (Å²) in [7, 11) is 0. The van der Waals surface area contributed by atoms with E-state index < -0.39 is 55.2 Å². The van der Waals surface area contributed by atoms with Gasteiger partial charge in [0.15, 0.2) is 6.23 Å². The van der Waals surface area contributed by atoms with Crippen LogP contribution in [0.1, 0.15) is 194 Å². The summed E-state index contributed by atoms with van der Waals surface area (Å²) in [6, 6.07) is 7.00. The Bertz CT molecular complexity index is 1220. The van der Waals surface area contributed by atoms with E-state index in [1.165, 1.54) is 96.3 Å². The first-order valence-electron chi connectivity index (χ1n) is 23.8. The van der Waals surface area contributed by atoms with Gasteiger partial charge in [-0.05, 0) is 30.7 Å². The molecule has 0 unspecified atom stereocenters. The van der Waals surface area contributed by atoms with Crippen LogP contribution in [0.4, 0.5) is 4.79 Å². The second-order valence-corrected chi connectivity index (χ2v) is 17.4. The van der Waals surface area contributed by atoms with Crippen molar-refractivity contribution in [2.45, 2.75) is 231 Å². The van der Waals surface area contributed by atoms with E-state index in [1.807, 2.05) is 44.2 Å². The number of rotatable bonds is 34. The van der Waals surface area contributed by atoms with Crippen LogP contribution >= 0.6 is 0 Å². The number of ether oxygens (including phenoxy) is 2. The zero-order chi connectivity index (χ0) is 43.1. The molecule has 0 aliphatic carbocycles. The molecule has 1 aromatic rings. The lowest BCUT2D eigenvalue weighted by Crippen LogP contribution is -2.70. The third-order valence-corrected chi connectivity index (χ3v) is 11.6. The van der Waals surface area contributed by atoms with Gasteiger partial charge in [-0.1, -0.05) is 193 Å². The fourth-order valence-electron chi connectivity index (χ4n) is 8.00. The molecule has 0 aromatic heterocycles. The van der Waals surface area contributed by atoms with Crippen molar-refractivity contribution in [3.05, 3.63) is 35.9 Å². The molecule has 1 aliphatic heterocycles. The maximum Gasteiger partial charge on any atom is 0.408 e. The van der Waals surface area contributed by atoms with Crippen molar-refractivity contribution >= 4 is 17.9 Å². The molecule has 0 saturated carbocycles. The first-order valence-corrected chi connectivity index (χ1v) is 23.8. The van der Waals surface area contributed by atoms with Gasteiger partial charge in [0.05, 0.1) is 6.61 Å². The Morgan fingerprint density at radius 3 is 1.69 bits per heavy atom. The van der Waals surface area contributed by atoms with Crippen molar-refractivity contribution in [1.82, 2.24) is 15.5 Å². The number of carbonyl (C=O) groups excluding carboxylic acids is 3. The van der Waals surface area contributed by atoms with Crippen molar-refractivity contribution in [1.29, 1.82) is 0 Å². The van der Waals surface area contributed by atoms with E-state index in [9.17, 15) is 29.7 Å². The molecule has 1 aliphatic rings. The molecule has 59 heavy (non-hydrogen) atoms. The van der Waals surface area contributed by atoms with Gasteiger partial charge in [-0.15, -0.1) is 0 Å². The average molecular weight is 832 g/mol. The lowest BCUT2D eigenvalue weighted by molar-refractivity contribution is -0.231. The van der Waals surface area contributed by atoms with Crippen LogP contribution in [0.15, 0.2) is 30.3 Å². The van der Waals surface area contributed by atoms with Gasteiger partial charge in [0.1, 0.15) is 37.0 Å². The van der Waals surface area contributed by atoms with Crippen molar-refractivity contribution in [3.8, 4) is 0 Å². The second-order valence-electron chi connectivity index (χ2n) is 17.4. The van der Waals surface area contributed by atoms with Crippen LogP contribution in [-0.4, -0.2) is 87.9 Å². The molecule has 0 spiro atoms. The molecule has 3 amide bonds. The molecular formula is C48H85N3O8. The molecule has 1 aromatic carbocycles. The van der Waals surface area contributed by atoms with Crippen molar-refractivity contribution in [2.24, 2.45) is 5.92 Å². The van der Waals surface area contributed by atoms with E-state index in [4.69, 9.17) is 9.47 Å². The van der Waals surface area contributed by atoms with Crippen molar-refractivity contribution in [2.75, 3.05) is 13.2 Å². The zero-order valence-corrected chi connectivity index (χ0v) is 37.6. The molecule has 1 heterocycles. The smallest absolute Gasteiger partial charge is 0.408 e. The third-order valence-electron chi connectivity index (χ3n) is 11.6. The van der Waals surface area contributed by atoms with Crippen molar-refractivity contribution < 1.29 is 39.2 Å². The highest BCUT2D eigenvalue weighted by atomic mass is 16.6. The summed E-state index contributed by atoms with van der Waals surface area (Å²) in [6.07, 6.45) is 21.4. The summed E-state index contributed by atoms with van der Waals surface area (Å²) in [6.45, 7) is 8.14. The maximum atomic E-state index is 14.1. The number of carbonyl (C=O) groups is 3. The van der Waals surface area contributed by atoms with Gasteiger partial charge in [0.25, 0.3) is 0 Å². The Labute approximate surface area is 358 Å². The minimum absolute atomic E-state index is 0.0163. The van der Waals surface area contributed by atoms with Crippen LogP contribution in [-0.2, 0) is 25.7 Å². The van der Waals surface area contributed by atoms with E-state index >= 15 is 0 Å². The van der Waals surface area contributed by atoms with Crippen LogP contribution in [0.25, 0.3) is 0 Å². The van der Waals surface area contributed by atoms with Crippen LogP contribution in [0, 0.1) is 5.92 Å². The minimum atomic E-state index is -1.54. The quantitative estimate of drug-likeness (QED) is 0.0430. The summed E-state index contributed by atoms with van der Waals surface area (Å²) < 4.78 is 11.6. The molecule has 0 radical (unpaired) electrons. The summed E-state index contributed by atoms with van der Waals surface area (Å²) in [4.78, 5) is 42.6. The Balaban J connectivity index is 2.10. The Kier molecular flexibility index (Phi) is 29.3. The molecule has 340 valence electrons. The van der Waals surface area contributed by atoms with Crippen LogP contribution < -0.4 is 10.6 Å². The number of nitrogens with one attached hydrogen (secondary N) is 2. The fourth-order valence-corrected chi connectivity index (χ4v) is 8.00. The summed E-state index contributed by atoms with van der Waals surface area (Å²) in [5.41, 5.74) is 0.802. The number of hydrogen-bond acceptors (Lipinski definition) is 8. The Morgan fingerprint density at radius 1 is 0.712 bits per heavy atom. The van der Waals surface area contributed by atoms with Gasteiger partial charge < -0.3 is 40.3 Å². The van der Waals surface area contributed by atoms with Crippen molar-refractivity contribution in [3.63, 3.8) is 0 Å². The average Bonchev–Trinajstić information content (AvgIpc) is 3.22. The normalized spacial score (nSPS) is 19.7. The standard InChI is InChI=1S/C48H85N3O8/c1-5-7-9-11-13-15-17-18-19-20-22-24-29-33-42(53)51(34-30-25-23-21-16-14-12-10-8-6-2)47-43(45(55)44(54)41(36-52)59-47)50-46(56)40(35-38(3)4)49-48(57)58-37-39-31-27-26-28-32-39/h26-28,31-32,38,40-41,43-45,47,52,54-55H,5-25,29-30,33-37H2,1-4H3,(H,49,57)(H,50,56)/t40-,41+,43+,44+,45+,47+/m0/s1. The second kappa shape index (κ2) is 33.0. The van der Waals surface area contributed by atoms with Gasteiger partial charge in [-0.2, -0.15) is 0 Å². The van der Waals surface area contributed by atoms with Crippen LogP contribution in [0.5, 0.6) is 0 Å². The highest BCUT2D eigenvalue weighted by molar-refractivity contribution is 5.86. The first kappa shape index (κ1) is 52.4. The molecule has 5 N–H and O–H groups in total. The molecule has 0 bridgehead atoms. The van der Waals surface area contributed by atoms with Gasteiger partial charge in [0.2, 0.25) is 11.8 Å². The number of alkyl carbamates (subject to hydrolysis) is 1. The van der Waals surface area contributed by atoms with Gasteiger partial charge in [0, 0.05) is 13.0 Å². The highest BCUT2D eigenvalue weighted by Gasteiger charge is 2.48. The Morgan fingerprint density at radius 2 is 1.20 bits per heavy atom. The van der Waals surface area contributed by atoms with Crippen LogP contribution in [0.3, 0.4) is 0 Å². The molecule has 2 rings (SSSR count). The molecule has 6 atom stereocenters. The molecule has 11 heteroatoms. The van der Waals surface area contributed by atoms with E-state index in [1.54, 1.807) is 4.90 Å². The lowest BCUT2D eigenvalue weighted by atomic mass is 9.94. The van der Waals surface area contributed by atoms with Gasteiger partial charge in [-0.25, -0.2) is 4.79 Å². The Hall–Kier alpha value is -2.73. The number of unbranched alkanes of at least 4 members (excludes halogenated alkanes) is 21. The SMILES string of the molecule is CCCCCCCCCCCCCCCC(=O)N(CCCCCCCCCCCC)[C@@H]1O[C@H](CO)[C@@H](O)[C@H](O)[C@H]1NC(=O)[C@H](CC(C)C)NC(=O)OCc1ccccc1. The minimum Gasteiger partial charge on any atom is -0.445 e. The largest absolute Gasteiger partial charge is 0.445 e. The molecular weight excluding hydrogens is 747 g/mol. The molecule has 1 saturated heterocycles. The van der Waals surface area contributed by atoms with Crippen LogP contribution in [0.2, 0.25) is 0 Å². The van der Waals surface area contributed by atoms with Gasteiger partial charge >= 0.3 is 6.09 Å². The fraction of sp³-hybridized carbons (Fsp3) is 0.812. The number of amides is 3. The van der Waals surface area contributed by atoms with E-state index in [0.29, 0.717) is 25.8 Å². The monoisotopic (exact) mass is 832 g/mol. The van der Waals surface area contributed by atoms with E-state index in [0.717, 1.165) is 44.1 Å². The van der Waals surface area contributed by atoms with Gasteiger partial charge in [-0.3, -0.25) is 9.59 Å². The van der Waals surface area contributed by atoms with E-state index in [2.05, 4.69) is 24.5 Å². The maximum absolute atomic E-state index is 14.1. The number of benzene rings is 1. The highest BCUT2D eigenvalue weighted by Crippen LogP contribution is 2.26. The number of aliphatic hydroxyl groups is 3. The predicted molar refractivity (Wildman–Crippen MR) is 237 cm³/mol. The number of hydrogen-bond donors (Lipinski definition) is 5. The summed E-state index contributed by atoms with van der Waals surface area (Å²) >= 11 is 0. The first-order chi connectivity index (χ1) is 28.6. The third kappa shape index (κ3) is 22.6.